The molecule has 0 saturated heterocycles. The van der Waals surface area contributed by atoms with Crippen LogP contribution in [0.3, 0.4) is 0 Å². The number of rotatable bonds is 3. The summed E-state index contributed by atoms with van der Waals surface area (Å²) in [7, 11) is 0. The molecule has 5 nitrogen and oxygen atoms in total. The molecule has 126 valence electrons. The van der Waals surface area contributed by atoms with Crippen LogP contribution in [0.4, 0.5) is 5.69 Å². The molecule has 25 heavy (non-hydrogen) atoms. The number of aryl methyl sites for hydroxylation is 1. The molecule has 0 aliphatic heterocycles. The van der Waals surface area contributed by atoms with E-state index in [0.717, 1.165) is 30.3 Å². The standard InChI is InChI=1S/C20H19N3O2/c24-19(21-17-11-5-7-13-6-1-2-8-14(13)17)12-18-15-9-3-4-10-16(15)20(25)23-22-18/h3-5,7,9-11H,1-2,6,8,12H2,(H,21,24)(H,23,25). The number of hydrogen-bond acceptors (Lipinski definition) is 3. The van der Waals surface area contributed by atoms with E-state index in [1.165, 1.54) is 17.5 Å². The van der Waals surface area contributed by atoms with Gasteiger partial charge in [-0.2, -0.15) is 5.10 Å². The van der Waals surface area contributed by atoms with Crippen LogP contribution in [0.1, 0.15) is 29.7 Å². The number of nitrogens with one attached hydrogen (secondary N) is 2. The van der Waals surface area contributed by atoms with Crippen LogP contribution in [0.5, 0.6) is 0 Å². The van der Waals surface area contributed by atoms with E-state index in [9.17, 15) is 9.59 Å². The van der Waals surface area contributed by atoms with Gasteiger partial charge in [0.25, 0.3) is 5.56 Å². The third-order valence-electron chi connectivity index (χ3n) is 4.77. The zero-order valence-electron chi connectivity index (χ0n) is 13.8. The molecule has 0 fully saturated rings. The third-order valence-corrected chi connectivity index (χ3v) is 4.77. The summed E-state index contributed by atoms with van der Waals surface area (Å²) in [5, 5.41) is 10.9. The highest BCUT2D eigenvalue weighted by atomic mass is 16.1. The van der Waals surface area contributed by atoms with E-state index in [1.807, 2.05) is 24.3 Å². The molecule has 1 amide bonds. The lowest BCUT2D eigenvalue weighted by Crippen LogP contribution is -2.20. The maximum absolute atomic E-state index is 12.6. The summed E-state index contributed by atoms with van der Waals surface area (Å²) < 4.78 is 0. The van der Waals surface area contributed by atoms with Crippen molar-refractivity contribution in [2.24, 2.45) is 0 Å². The maximum Gasteiger partial charge on any atom is 0.272 e. The summed E-state index contributed by atoms with van der Waals surface area (Å²) in [6, 6.07) is 13.3. The van der Waals surface area contributed by atoms with Crippen LogP contribution in [-0.4, -0.2) is 16.1 Å². The molecule has 0 saturated carbocycles. The van der Waals surface area contributed by atoms with Gasteiger partial charge >= 0.3 is 0 Å². The largest absolute Gasteiger partial charge is 0.325 e. The number of fused-ring (bicyclic) bond motifs is 2. The van der Waals surface area contributed by atoms with Crippen LogP contribution in [0.25, 0.3) is 10.8 Å². The number of carbonyl (C=O) groups excluding carboxylic acids is 1. The van der Waals surface area contributed by atoms with Crippen LogP contribution in [0.2, 0.25) is 0 Å². The van der Waals surface area contributed by atoms with Crippen LogP contribution in [0.15, 0.2) is 47.3 Å². The number of nitrogens with zero attached hydrogens (tertiary/aromatic N) is 1. The summed E-state index contributed by atoms with van der Waals surface area (Å²) in [5.41, 5.74) is 3.82. The highest BCUT2D eigenvalue weighted by Crippen LogP contribution is 2.28. The Bertz CT molecular complexity index is 1010. The van der Waals surface area contributed by atoms with Gasteiger partial charge < -0.3 is 5.32 Å². The fourth-order valence-electron chi connectivity index (χ4n) is 3.55. The van der Waals surface area contributed by atoms with Gasteiger partial charge in [0, 0.05) is 11.1 Å². The number of aromatic nitrogens is 2. The second-order valence-electron chi connectivity index (χ2n) is 6.42. The predicted molar refractivity (Wildman–Crippen MR) is 97.8 cm³/mol. The lowest BCUT2D eigenvalue weighted by molar-refractivity contribution is -0.115. The Kier molecular flexibility index (Phi) is 4.06. The first-order valence-corrected chi connectivity index (χ1v) is 8.59. The normalized spacial score (nSPS) is 13.4. The predicted octanol–water partition coefficient (Wildman–Crippen LogP) is 2.98. The minimum atomic E-state index is -0.239. The van der Waals surface area contributed by atoms with Gasteiger partial charge in [0.05, 0.1) is 17.5 Å². The Morgan fingerprint density at radius 1 is 1.04 bits per heavy atom. The molecular weight excluding hydrogens is 314 g/mol. The van der Waals surface area contributed by atoms with E-state index in [-0.39, 0.29) is 17.9 Å². The third kappa shape index (κ3) is 3.05. The topological polar surface area (TPSA) is 74.8 Å². The molecule has 5 heteroatoms. The highest BCUT2D eigenvalue weighted by molar-refractivity contribution is 5.95. The molecule has 1 heterocycles. The Balaban J connectivity index is 1.60. The molecule has 1 aliphatic rings. The molecule has 0 bridgehead atoms. The second kappa shape index (κ2) is 6.51. The molecule has 1 aliphatic carbocycles. The number of H-pyrrole nitrogens is 1. The molecule has 0 unspecified atom stereocenters. The van der Waals surface area contributed by atoms with Crippen molar-refractivity contribution < 1.29 is 4.79 Å². The Morgan fingerprint density at radius 3 is 2.72 bits per heavy atom. The van der Waals surface area contributed by atoms with E-state index in [4.69, 9.17) is 0 Å². The molecule has 4 rings (SSSR count). The van der Waals surface area contributed by atoms with E-state index in [2.05, 4.69) is 21.6 Å². The molecule has 2 N–H and O–H groups in total. The molecule has 1 aromatic heterocycles. The second-order valence-corrected chi connectivity index (χ2v) is 6.42. The van der Waals surface area contributed by atoms with Crippen molar-refractivity contribution >= 4 is 22.4 Å². The van der Waals surface area contributed by atoms with Crippen molar-refractivity contribution in [2.75, 3.05) is 5.32 Å². The fraction of sp³-hybridized carbons (Fsp3) is 0.250. The fourth-order valence-corrected chi connectivity index (χ4v) is 3.55. The summed E-state index contributed by atoms with van der Waals surface area (Å²) in [6.07, 6.45) is 4.57. The average molecular weight is 333 g/mol. The van der Waals surface area contributed by atoms with Gasteiger partial charge in [0.15, 0.2) is 0 Å². The summed E-state index contributed by atoms with van der Waals surface area (Å²) in [4.78, 5) is 24.4. The quantitative estimate of drug-likeness (QED) is 0.774. The molecule has 0 atom stereocenters. The van der Waals surface area contributed by atoms with Crippen LogP contribution in [0, 0.1) is 0 Å². The first-order chi connectivity index (χ1) is 12.2. The van der Waals surface area contributed by atoms with Crippen LogP contribution in [-0.2, 0) is 24.1 Å². The van der Waals surface area contributed by atoms with E-state index >= 15 is 0 Å². The van der Waals surface area contributed by atoms with Gasteiger partial charge in [0.2, 0.25) is 5.91 Å². The van der Waals surface area contributed by atoms with Crippen molar-refractivity contribution in [3.05, 3.63) is 69.6 Å². The smallest absolute Gasteiger partial charge is 0.272 e. The first kappa shape index (κ1) is 15.6. The summed E-state index contributed by atoms with van der Waals surface area (Å²) in [5.74, 6) is -0.122. The Hall–Kier alpha value is -2.95. The van der Waals surface area contributed by atoms with E-state index in [1.54, 1.807) is 12.1 Å². The highest BCUT2D eigenvalue weighted by Gasteiger charge is 2.16. The number of aromatic amines is 1. The zero-order chi connectivity index (χ0) is 17.2. The van der Waals surface area contributed by atoms with E-state index in [0.29, 0.717) is 11.1 Å². The zero-order valence-corrected chi connectivity index (χ0v) is 13.8. The molecular formula is C20H19N3O2. The van der Waals surface area contributed by atoms with Crippen molar-refractivity contribution in [3.63, 3.8) is 0 Å². The van der Waals surface area contributed by atoms with Gasteiger partial charge in [-0.05, 0) is 48.9 Å². The SMILES string of the molecule is O=C(Cc1n[nH]c(=O)c2ccccc12)Nc1cccc2c1CCCC2. The Labute approximate surface area is 145 Å². The van der Waals surface area contributed by atoms with Gasteiger partial charge in [-0.3, -0.25) is 9.59 Å². The van der Waals surface area contributed by atoms with Gasteiger partial charge in [0.1, 0.15) is 0 Å². The minimum Gasteiger partial charge on any atom is -0.325 e. The monoisotopic (exact) mass is 333 g/mol. The van der Waals surface area contributed by atoms with Gasteiger partial charge in [-0.1, -0.05) is 30.3 Å². The minimum absolute atomic E-state index is 0.122. The maximum atomic E-state index is 12.6. The lowest BCUT2D eigenvalue weighted by atomic mass is 9.90. The van der Waals surface area contributed by atoms with Gasteiger partial charge in [-0.25, -0.2) is 5.10 Å². The summed E-state index contributed by atoms with van der Waals surface area (Å²) >= 11 is 0. The Morgan fingerprint density at radius 2 is 1.84 bits per heavy atom. The lowest BCUT2D eigenvalue weighted by Gasteiger charge is -2.19. The molecule has 0 radical (unpaired) electrons. The first-order valence-electron chi connectivity index (χ1n) is 8.59. The summed E-state index contributed by atoms with van der Waals surface area (Å²) in [6.45, 7) is 0. The number of benzene rings is 2. The number of carbonyl (C=O) groups is 1. The molecule has 3 aromatic rings. The van der Waals surface area contributed by atoms with Crippen LogP contribution < -0.4 is 10.9 Å². The van der Waals surface area contributed by atoms with Crippen molar-refractivity contribution in [2.45, 2.75) is 32.1 Å². The number of anilines is 1. The van der Waals surface area contributed by atoms with Crippen molar-refractivity contribution in [1.82, 2.24) is 10.2 Å². The average Bonchev–Trinajstić information content (AvgIpc) is 2.65. The van der Waals surface area contributed by atoms with Crippen molar-refractivity contribution in [1.29, 1.82) is 0 Å². The van der Waals surface area contributed by atoms with Crippen LogP contribution >= 0.6 is 0 Å². The van der Waals surface area contributed by atoms with E-state index < -0.39 is 0 Å². The number of hydrogen-bond donors (Lipinski definition) is 2. The van der Waals surface area contributed by atoms with Crippen molar-refractivity contribution in [3.8, 4) is 0 Å². The molecule has 2 aromatic carbocycles. The molecule has 0 spiro atoms. The number of amides is 1. The van der Waals surface area contributed by atoms with Gasteiger partial charge in [-0.15, -0.1) is 0 Å².